The van der Waals surface area contributed by atoms with E-state index in [1.165, 1.54) is 13.2 Å². The number of Topliss-reactive ketones (excluding diaryl/α,β-unsaturated/α-hetero) is 1. The molecule has 0 aliphatic carbocycles. The molecular formula is C17H11BrO4. The minimum atomic E-state index is -0.486. The molecule has 0 saturated carbocycles. The average Bonchev–Trinajstić information content (AvgIpc) is 2.82. The number of allylic oxidation sites excluding steroid dienone is 1. The zero-order valence-electron chi connectivity index (χ0n) is 11.6. The summed E-state index contributed by atoms with van der Waals surface area (Å²) in [7, 11) is 1.30. The van der Waals surface area contributed by atoms with Gasteiger partial charge in [-0.3, -0.25) is 4.79 Å². The van der Waals surface area contributed by atoms with Crippen LogP contribution in [-0.2, 0) is 4.74 Å². The first-order valence-electron chi connectivity index (χ1n) is 6.50. The summed E-state index contributed by atoms with van der Waals surface area (Å²) < 4.78 is 11.1. The Kier molecular flexibility index (Phi) is 3.81. The van der Waals surface area contributed by atoms with Crippen molar-refractivity contribution in [3.05, 3.63) is 69.4 Å². The van der Waals surface area contributed by atoms with Crippen molar-refractivity contribution in [1.82, 2.24) is 0 Å². The van der Waals surface area contributed by atoms with Crippen molar-refractivity contribution >= 4 is 33.8 Å². The van der Waals surface area contributed by atoms with Crippen LogP contribution in [0.15, 0.2) is 52.7 Å². The first-order valence-corrected chi connectivity index (χ1v) is 7.30. The van der Waals surface area contributed by atoms with Gasteiger partial charge in [0.25, 0.3) is 0 Å². The molecule has 110 valence electrons. The van der Waals surface area contributed by atoms with Gasteiger partial charge in [-0.05, 0) is 42.0 Å². The first kappa shape index (κ1) is 14.5. The predicted octanol–water partition coefficient (Wildman–Crippen LogP) is 3.85. The molecule has 0 atom stereocenters. The van der Waals surface area contributed by atoms with Gasteiger partial charge in [0.15, 0.2) is 5.76 Å². The monoisotopic (exact) mass is 358 g/mol. The molecule has 0 aromatic heterocycles. The maximum atomic E-state index is 12.4. The molecule has 0 bridgehead atoms. The number of carbonyl (C=O) groups is 2. The van der Waals surface area contributed by atoms with Gasteiger partial charge in [-0.25, -0.2) is 4.79 Å². The van der Waals surface area contributed by atoms with Crippen LogP contribution in [0.4, 0.5) is 0 Å². The fraction of sp³-hybridized carbons (Fsp3) is 0.0588. The van der Waals surface area contributed by atoms with Crippen LogP contribution in [0.2, 0.25) is 0 Å². The van der Waals surface area contributed by atoms with Gasteiger partial charge in [0.05, 0.1) is 18.2 Å². The van der Waals surface area contributed by atoms with Crippen molar-refractivity contribution in [3.8, 4) is 5.75 Å². The SMILES string of the molecule is COC(=O)c1ccc2c(c1)C(=O)/C(=C/c1cccc(Br)c1)O2. The first-order chi connectivity index (χ1) is 10.6. The predicted molar refractivity (Wildman–Crippen MR) is 84.9 cm³/mol. The Morgan fingerprint density at radius 3 is 2.77 bits per heavy atom. The number of halogens is 1. The molecule has 0 unspecified atom stereocenters. The molecule has 2 aromatic carbocycles. The quantitative estimate of drug-likeness (QED) is 0.604. The summed E-state index contributed by atoms with van der Waals surface area (Å²) in [5, 5.41) is 0. The minimum Gasteiger partial charge on any atom is -0.465 e. The van der Waals surface area contributed by atoms with Crippen LogP contribution in [0.3, 0.4) is 0 Å². The van der Waals surface area contributed by atoms with E-state index in [9.17, 15) is 9.59 Å². The summed E-state index contributed by atoms with van der Waals surface area (Å²) in [6.07, 6.45) is 1.67. The lowest BCUT2D eigenvalue weighted by molar-refractivity contribution is 0.0600. The number of ether oxygens (including phenoxy) is 2. The highest BCUT2D eigenvalue weighted by molar-refractivity contribution is 9.10. The molecule has 0 N–H and O–H groups in total. The molecule has 1 aliphatic heterocycles. The molecule has 4 nitrogen and oxygen atoms in total. The number of benzene rings is 2. The molecule has 0 radical (unpaired) electrons. The standard InChI is InChI=1S/C17H11BrO4/c1-21-17(20)11-5-6-14-13(9-11)16(19)15(22-14)8-10-3-2-4-12(18)7-10/h2-9H,1H3/b15-8-. The molecule has 1 heterocycles. The summed E-state index contributed by atoms with van der Waals surface area (Å²) in [4.78, 5) is 23.9. The van der Waals surface area contributed by atoms with Gasteiger partial charge >= 0.3 is 5.97 Å². The molecule has 2 aromatic rings. The topological polar surface area (TPSA) is 52.6 Å². The summed E-state index contributed by atoms with van der Waals surface area (Å²) in [5.74, 6) is -0.0604. The van der Waals surface area contributed by atoms with Crippen molar-refractivity contribution in [1.29, 1.82) is 0 Å². The maximum absolute atomic E-state index is 12.4. The van der Waals surface area contributed by atoms with Gasteiger partial charge in [-0.2, -0.15) is 0 Å². The highest BCUT2D eigenvalue weighted by Crippen LogP contribution is 2.32. The van der Waals surface area contributed by atoms with Gasteiger partial charge in [-0.15, -0.1) is 0 Å². The van der Waals surface area contributed by atoms with Crippen LogP contribution in [0.1, 0.15) is 26.3 Å². The number of hydrogen-bond donors (Lipinski definition) is 0. The number of fused-ring (bicyclic) bond motifs is 1. The van der Waals surface area contributed by atoms with E-state index in [2.05, 4.69) is 20.7 Å². The van der Waals surface area contributed by atoms with Gasteiger partial charge in [-0.1, -0.05) is 28.1 Å². The van der Waals surface area contributed by atoms with Gasteiger partial charge in [0.1, 0.15) is 5.75 Å². The van der Waals surface area contributed by atoms with Crippen LogP contribution >= 0.6 is 15.9 Å². The fourth-order valence-electron chi connectivity index (χ4n) is 2.18. The normalized spacial score (nSPS) is 14.6. The third kappa shape index (κ3) is 2.67. The molecule has 22 heavy (non-hydrogen) atoms. The summed E-state index contributed by atoms with van der Waals surface area (Å²) >= 11 is 3.38. The van der Waals surface area contributed by atoms with Crippen molar-refractivity contribution in [3.63, 3.8) is 0 Å². The number of rotatable bonds is 2. The zero-order valence-corrected chi connectivity index (χ0v) is 13.2. The Morgan fingerprint density at radius 2 is 2.05 bits per heavy atom. The van der Waals surface area contributed by atoms with E-state index in [1.807, 2.05) is 24.3 Å². The Labute approximate surface area is 135 Å². The minimum absolute atomic E-state index is 0.232. The van der Waals surface area contributed by atoms with Crippen LogP contribution in [0, 0.1) is 0 Å². The smallest absolute Gasteiger partial charge is 0.337 e. The van der Waals surface area contributed by atoms with Crippen molar-refractivity contribution in [2.75, 3.05) is 7.11 Å². The van der Waals surface area contributed by atoms with E-state index < -0.39 is 5.97 Å². The Hall–Kier alpha value is -2.40. The highest BCUT2D eigenvalue weighted by Gasteiger charge is 2.28. The number of hydrogen-bond acceptors (Lipinski definition) is 4. The number of carbonyl (C=O) groups excluding carboxylic acids is 2. The van der Waals surface area contributed by atoms with Gasteiger partial charge in [0.2, 0.25) is 5.78 Å². The molecule has 0 saturated heterocycles. The molecule has 1 aliphatic rings. The van der Waals surface area contributed by atoms with E-state index in [1.54, 1.807) is 18.2 Å². The summed E-state index contributed by atoms with van der Waals surface area (Å²) in [5.41, 5.74) is 1.53. The maximum Gasteiger partial charge on any atom is 0.337 e. The second kappa shape index (κ2) is 5.77. The number of ketones is 1. The number of esters is 1. The largest absolute Gasteiger partial charge is 0.465 e. The van der Waals surface area contributed by atoms with Crippen molar-refractivity contribution in [2.45, 2.75) is 0 Å². The molecule has 0 amide bonds. The Morgan fingerprint density at radius 1 is 1.23 bits per heavy atom. The molecular weight excluding hydrogens is 348 g/mol. The molecule has 0 fully saturated rings. The zero-order chi connectivity index (χ0) is 15.7. The number of methoxy groups -OCH3 is 1. The van der Waals surface area contributed by atoms with E-state index in [-0.39, 0.29) is 11.5 Å². The van der Waals surface area contributed by atoms with Crippen LogP contribution in [0.5, 0.6) is 5.75 Å². The molecule has 5 heteroatoms. The van der Waals surface area contributed by atoms with Gasteiger partial charge < -0.3 is 9.47 Å². The second-order valence-electron chi connectivity index (χ2n) is 4.70. The summed E-state index contributed by atoms with van der Waals surface area (Å²) in [6.45, 7) is 0. The third-order valence-electron chi connectivity index (χ3n) is 3.24. The van der Waals surface area contributed by atoms with E-state index in [0.29, 0.717) is 16.9 Å². The third-order valence-corrected chi connectivity index (χ3v) is 3.73. The van der Waals surface area contributed by atoms with Crippen molar-refractivity contribution < 1.29 is 19.1 Å². The van der Waals surface area contributed by atoms with E-state index in [4.69, 9.17) is 4.74 Å². The molecule has 0 spiro atoms. The molecule has 3 rings (SSSR count). The van der Waals surface area contributed by atoms with Crippen LogP contribution in [-0.4, -0.2) is 18.9 Å². The Balaban J connectivity index is 1.96. The van der Waals surface area contributed by atoms with Gasteiger partial charge in [0, 0.05) is 4.47 Å². The lowest BCUT2D eigenvalue weighted by atomic mass is 10.1. The van der Waals surface area contributed by atoms with Crippen molar-refractivity contribution in [2.24, 2.45) is 0 Å². The summed E-state index contributed by atoms with van der Waals surface area (Å²) in [6, 6.07) is 12.2. The van der Waals surface area contributed by atoms with E-state index in [0.717, 1.165) is 10.0 Å². The van der Waals surface area contributed by atoms with Crippen LogP contribution in [0.25, 0.3) is 6.08 Å². The highest BCUT2D eigenvalue weighted by atomic mass is 79.9. The Bertz CT molecular complexity index is 808. The average molecular weight is 359 g/mol. The fourth-order valence-corrected chi connectivity index (χ4v) is 2.60. The lowest BCUT2D eigenvalue weighted by Gasteiger charge is -2.00. The van der Waals surface area contributed by atoms with Crippen LogP contribution < -0.4 is 4.74 Å². The van der Waals surface area contributed by atoms with E-state index >= 15 is 0 Å². The second-order valence-corrected chi connectivity index (χ2v) is 5.61. The lowest BCUT2D eigenvalue weighted by Crippen LogP contribution is -2.02.